The molecule has 3 N–H and O–H groups in total. The van der Waals surface area contributed by atoms with E-state index < -0.39 is 26.4 Å². The lowest BCUT2D eigenvalue weighted by Crippen LogP contribution is -2.34. The van der Waals surface area contributed by atoms with Crippen LogP contribution in [0.5, 0.6) is 0 Å². The van der Waals surface area contributed by atoms with Gasteiger partial charge in [0.1, 0.15) is 12.4 Å². The van der Waals surface area contributed by atoms with E-state index in [0.29, 0.717) is 0 Å². The first-order valence-electron chi connectivity index (χ1n) is 3.23. The fourth-order valence-electron chi connectivity index (χ4n) is 0.589. The van der Waals surface area contributed by atoms with E-state index in [1.165, 1.54) is 17.1 Å². The van der Waals surface area contributed by atoms with E-state index in [2.05, 4.69) is 4.98 Å². The van der Waals surface area contributed by atoms with Gasteiger partial charge in [0.15, 0.2) is 0 Å². The van der Waals surface area contributed by atoms with Gasteiger partial charge in [0.25, 0.3) is 0 Å². The molecule has 1 aromatic rings. The zero-order valence-electron chi connectivity index (χ0n) is 7.14. The first-order valence-corrected chi connectivity index (χ1v) is 6.20. The van der Waals surface area contributed by atoms with Crippen molar-refractivity contribution in [3.05, 3.63) is 18.7 Å². The number of H-pyrrole nitrogens is 1. The Balaban J connectivity index is 0.000000336. The Morgan fingerprint density at radius 1 is 1.27 bits per heavy atom. The summed E-state index contributed by atoms with van der Waals surface area (Å²) >= 11 is 0. The number of nitrogens with one attached hydrogen (secondary N) is 1. The van der Waals surface area contributed by atoms with E-state index in [1.807, 2.05) is 0 Å². The van der Waals surface area contributed by atoms with Crippen molar-refractivity contribution in [1.29, 1.82) is 0 Å². The summed E-state index contributed by atoms with van der Waals surface area (Å²) in [6.07, 6.45) is 4.51. The van der Waals surface area contributed by atoms with Gasteiger partial charge in [-0.25, -0.2) is 13.0 Å². The molecule has 0 bridgehead atoms. The molecule has 1 aromatic heterocycles. The van der Waals surface area contributed by atoms with Crippen molar-refractivity contribution in [1.82, 2.24) is 4.98 Å². The lowest BCUT2D eigenvalue weighted by atomic mass is 10.9. The van der Waals surface area contributed by atoms with Crippen molar-refractivity contribution in [3.8, 4) is 0 Å². The zero-order valence-corrected chi connectivity index (χ0v) is 8.77. The van der Waals surface area contributed by atoms with Crippen LogP contribution in [0.4, 0.5) is 0 Å². The highest BCUT2D eigenvalue weighted by molar-refractivity contribution is 7.84. The molecule has 0 fully saturated rings. The predicted octanol–water partition coefficient (Wildman–Crippen LogP) is -1.85. The van der Waals surface area contributed by atoms with Gasteiger partial charge >= 0.3 is 10.1 Å². The molecule has 88 valence electrons. The fraction of sp³-hybridized carbons (Fsp3) is 0.250. The molecule has 0 saturated carbocycles. The Morgan fingerprint density at radius 3 is 2.00 bits per heavy atom. The maximum absolute atomic E-state index is 10.2. The molecular formula is C4H8N2O7S2. The highest BCUT2D eigenvalue weighted by atomic mass is 32.3. The van der Waals surface area contributed by atoms with Gasteiger partial charge in [0.2, 0.25) is 22.6 Å². The lowest BCUT2D eigenvalue weighted by molar-refractivity contribution is -0.676. The van der Waals surface area contributed by atoms with Crippen LogP contribution in [0.2, 0.25) is 0 Å². The zero-order chi connectivity index (χ0) is 12.1. The minimum absolute atomic E-state index is 0.406. The fourth-order valence-corrected chi connectivity index (χ4v) is 1.13. The van der Waals surface area contributed by atoms with Gasteiger partial charge in [0.05, 0.1) is 0 Å². The smallest absolute Gasteiger partial charge is 0.304 e. The average Bonchev–Trinajstić information content (AvgIpc) is 2.30. The molecule has 0 saturated heterocycles. The maximum Gasteiger partial charge on any atom is 0.304 e. The molecule has 0 aliphatic heterocycles. The highest BCUT2D eigenvalue weighted by Crippen LogP contribution is 1.79. The average molecular weight is 260 g/mol. The number of aromatic nitrogens is 2. The largest absolute Gasteiger partial charge is 0.726 e. The molecule has 0 amide bonds. The summed E-state index contributed by atoms with van der Waals surface area (Å²) in [5, 5.41) is 0. The third-order valence-electron chi connectivity index (χ3n) is 0.915. The van der Waals surface area contributed by atoms with Crippen LogP contribution < -0.4 is 4.57 Å². The van der Waals surface area contributed by atoms with Gasteiger partial charge in [-0.3, -0.25) is 14.1 Å². The summed E-state index contributed by atoms with van der Waals surface area (Å²) in [5.74, 6) is -0.406. The standard InChI is InChI=1S/C4H6N2O3S.H2O4S/c7-10(8,9)4-6-2-1-5-3-6;1-5(2,3)4/h1-3H,4H2,(H,7,8,9);(H2,1,2,3,4). The Labute approximate surface area is 85.7 Å². The maximum atomic E-state index is 10.2. The Kier molecular flexibility index (Phi) is 4.83. The number of nitrogens with zero attached hydrogens (tertiary/aromatic N) is 1. The number of hydrogen-bond acceptors (Lipinski definition) is 5. The summed E-state index contributed by atoms with van der Waals surface area (Å²) in [6.45, 7) is 0. The number of aromatic amines is 1. The molecule has 0 spiro atoms. The molecule has 0 aromatic carbocycles. The summed E-state index contributed by atoms with van der Waals surface area (Å²) < 4.78 is 62.9. The van der Waals surface area contributed by atoms with Crippen molar-refractivity contribution in [2.75, 3.05) is 0 Å². The van der Waals surface area contributed by atoms with E-state index in [0.717, 1.165) is 0 Å². The molecule has 0 radical (unpaired) electrons. The molecule has 1 rings (SSSR count). The van der Waals surface area contributed by atoms with Crippen LogP contribution in [0.25, 0.3) is 0 Å². The van der Waals surface area contributed by atoms with Crippen LogP contribution in [0.1, 0.15) is 0 Å². The topological polar surface area (TPSA) is 151 Å². The lowest BCUT2D eigenvalue weighted by Gasteiger charge is -1.88. The third-order valence-corrected chi connectivity index (χ3v) is 1.54. The second-order valence-electron chi connectivity index (χ2n) is 2.26. The minimum Gasteiger partial charge on any atom is -0.726 e. The van der Waals surface area contributed by atoms with Crippen molar-refractivity contribution in [2.45, 2.75) is 5.88 Å². The van der Waals surface area contributed by atoms with E-state index in [9.17, 15) is 8.42 Å². The van der Waals surface area contributed by atoms with Crippen molar-refractivity contribution in [3.63, 3.8) is 0 Å². The molecule has 1 heterocycles. The molecule has 9 nitrogen and oxygen atoms in total. The predicted molar refractivity (Wildman–Crippen MR) is 44.9 cm³/mol. The molecule has 15 heavy (non-hydrogen) atoms. The summed E-state index contributed by atoms with van der Waals surface area (Å²) in [5.41, 5.74) is 0. The molecule has 0 atom stereocenters. The number of imidazole rings is 1. The molecular weight excluding hydrogens is 252 g/mol. The minimum atomic E-state index is -4.92. The van der Waals surface area contributed by atoms with Crippen molar-refractivity contribution in [2.24, 2.45) is 0 Å². The van der Waals surface area contributed by atoms with Crippen LogP contribution >= 0.6 is 0 Å². The van der Waals surface area contributed by atoms with Gasteiger partial charge in [-0.05, 0) is 0 Å². The second kappa shape index (κ2) is 5.18. The van der Waals surface area contributed by atoms with E-state index in [4.69, 9.17) is 22.1 Å². The van der Waals surface area contributed by atoms with Crippen molar-refractivity contribution < 1.29 is 35.1 Å². The van der Waals surface area contributed by atoms with Crippen LogP contribution in [0.3, 0.4) is 0 Å². The van der Waals surface area contributed by atoms with Crippen LogP contribution in [-0.2, 0) is 26.4 Å². The first kappa shape index (κ1) is 14.0. The number of hydrogen-bond donors (Lipinski definition) is 3. The number of rotatable bonds is 2. The Morgan fingerprint density at radius 2 is 1.73 bits per heavy atom. The van der Waals surface area contributed by atoms with E-state index >= 15 is 0 Å². The van der Waals surface area contributed by atoms with Gasteiger partial charge in [0, 0.05) is 0 Å². The Hall–Kier alpha value is -1.01. The first-order chi connectivity index (χ1) is 6.58. The SMILES string of the molecule is O=S(=O)(O)C[n+]1cc[nH]c1.O=S(=O)([O-])O. The highest BCUT2D eigenvalue weighted by Gasteiger charge is 2.08. The second-order valence-corrected chi connectivity index (χ2v) is 4.54. The van der Waals surface area contributed by atoms with Crippen LogP contribution in [-0.4, -0.2) is 35.5 Å². The van der Waals surface area contributed by atoms with Gasteiger partial charge < -0.3 is 4.55 Å². The van der Waals surface area contributed by atoms with E-state index in [-0.39, 0.29) is 0 Å². The summed E-state index contributed by atoms with van der Waals surface area (Å²) in [7, 11) is -8.82. The third kappa shape index (κ3) is 13.0. The van der Waals surface area contributed by atoms with E-state index in [1.54, 1.807) is 6.20 Å². The molecule has 0 aliphatic carbocycles. The Bertz CT molecular complexity index is 465. The van der Waals surface area contributed by atoms with Crippen LogP contribution in [0.15, 0.2) is 18.7 Å². The normalized spacial score (nSPS) is 11.7. The molecule has 11 heteroatoms. The van der Waals surface area contributed by atoms with Crippen LogP contribution in [0, 0.1) is 0 Å². The summed E-state index contributed by atoms with van der Waals surface area (Å²) in [6, 6.07) is 0. The summed E-state index contributed by atoms with van der Waals surface area (Å²) in [4.78, 5) is 2.64. The quantitative estimate of drug-likeness (QED) is 0.320. The van der Waals surface area contributed by atoms with Gasteiger partial charge in [-0.2, -0.15) is 8.42 Å². The monoisotopic (exact) mass is 260 g/mol. The molecule has 0 unspecified atom stereocenters. The van der Waals surface area contributed by atoms with Gasteiger partial charge in [-0.1, -0.05) is 0 Å². The van der Waals surface area contributed by atoms with Gasteiger partial charge in [-0.15, -0.1) is 0 Å². The van der Waals surface area contributed by atoms with Crippen molar-refractivity contribution >= 4 is 20.5 Å². The molecule has 0 aliphatic rings.